The van der Waals surface area contributed by atoms with Gasteiger partial charge in [0.1, 0.15) is 54.3 Å². The molecule has 0 radical (unpaired) electrons. The second kappa shape index (κ2) is 28.4. The third-order valence-electron chi connectivity index (χ3n) is 21.6. The van der Waals surface area contributed by atoms with Gasteiger partial charge in [-0.1, -0.05) is 301 Å². The van der Waals surface area contributed by atoms with Crippen LogP contribution in [-0.4, -0.2) is 15.3 Å². The largest absolute Gasteiger partial charge is 0.508 e. The number of phenolic OH excluding ortho intramolecular Hbond substituents is 3. The van der Waals surface area contributed by atoms with E-state index in [-0.39, 0.29) is 49.7 Å². The quantitative estimate of drug-likeness (QED) is 0.0518. The molecule has 0 aliphatic heterocycles. The molecule has 0 saturated carbocycles. The third-order valence-corrected chi connectivity index (χ3v) is 24.7. The molecule has 7 nitrogen and oxygen atoms in total. The van der Waals surface area contributed by atoms with Crippen LogP contribution in [0.2, 0.25) is 0 Å². The highest BCUT2D eigenvalue weighted by atomic mass is 31.2. The Hall–Kier alpha value is -10.3. The van der Waals surface area contributed by atoms with Crippen LogP contribution in [0.5, 0.6) is 34.5 Å². The summed E-state index contributed by atoms with van der Waals surface area (Å²) in [5.41, 5.74) is 15.6. The Labute approximate surface area is 598 Å². The summed E-state index contributed by atoms with van der Waals surface area (Å²) in [4.78, 5) is 0. The van der Waals surface area contributed by atoms with Crippen molar-refractivity contribution >= 4 is 23.1 Å². The van der Waals surface area contributed by atoms with Crippen molar-refractivity contribution in [3.05, 3.63) is 375 Å². The van der Waals surface area contributed by atoms with Gasteiger partial charge in [-0.05, 0) is 156 Å². The molecule has 8 heteroatoms. The number of ether oxygens (including phenoxy) is 3. The fraction of sp³-hybridized carbons (Fsp3) is 0.226. The zero-order chi connectivity index (χ0) is 71.5. The highest BCUT2D eigenvalue weighted by Gasteiger charge is 2.33. The van der Waals surface area contributed by atoms with Crippen molar-refractivity contribution in [1.29, 1.82) is 0 Å². The summed E-state index contributed by atoms with van der Waals surface area (Å²) in [5, 5.41) is 31.8. The standard InChI is InChI=1S/C93H93O7P/c1-88(2,73-31-43-79(94)44-32-73)67-19-25-70(26-20-67)91(7,8)76-37-49-82(50-38-76)98-61-64-13-55-85(56-14-64)101(97,86-57-15-65(16-58-86)62-99-83-51-39-77(40-52-83)92(9,10)71-27-21-68(22-28-71)89(3,4)74-33-45-80(95)46-34-74)87-59-17-66(18-60-87)63-100-84-53-41-78(42-54-84)93(11,12)72-29-23-69(24-30-72)90(5,6)75-35-47-81(96)48-36-75/h13-60,94-96H,61-63H2,1-12H3. The first kappa shape index (κ1) is 70.5. The number of hydrogen-bond donors (Lipinski definition) is 3. The monoisotopic (exact) mass is 1350 g/mol. The van der Waals surface area contributed by atoms with E-state index in [0.29, 0.717) is 35.7 Å². The summed E-state index contributed by atoms with van der Waals surface area (Å²) in [5.74, 6) is 3.08. The predicted octanol–water partition coefficient (Wildman–Crippen LogP) is 21.1. The van der Waals surface area contributed by atoms with Crippen LogP contribution in [0.1, 0.15) is 167 Å². The first-order chi connectivity index (χ1) is 48.1. The van der Waals surface area contributed by atoms with Crippen LogP contribution < -0.4 is 30.1 Å². The van der Waals surface area contributed by atoms with E-state index < -0.39 is 7.14 Å². The molecule has 0 amide bonds. The van der Waals surface area contributed by atoms with Gasteiger partial charge in [0.05, 0.1) is 0 Å². The minimum Gasteiger partial charge on any atom is -0.508 e. The summed E-state index contributed by atoms with van der Waals surface area (Å²) in [6, 6.07) is 98.1. The topological polar surface area (TPSA) is 105 Å². The summed E-state index contributed by atoms with van der Waals surface area (Å²) < 4.78 is 35.4. The second-order valence-electron chi connectivity index (χ2n) is 30.2. The number of aromatic hydroxyl groups is 3. The fourth-order valence-corrected chi connectivity index (χ4v) is 16.4. The van der Waals surface area contributed by atoms with Gasteiger partial charge in [-0.25, -0.2) is 0 Å². The van der Waals surface area contributed by atoms with Crippen molar-refractivity contribution in [3.63, 3.8) is 0 Å². The van der Waals surface area contributed by atoms with E-state index in [1.54, 1.807) is 36.4 Å². The van der Waals surface area contributed by atoms with Crippen molar-refractivity contribution in [2.24, 2.45) is 0 Å². The molecule has 0 unspecified atom stereocenters. The van der Waals surface area contributed by atoms with Crippen molar-refractivity contribution < 1.29 is 34.1 Å². The Morgan fingerprint density at radius 1 is 0.218 bits per heavy atom. The van der Waals surface area contributed by atoms with E-state index in [9.17, 15) is 15.3 Å². The van der Waals surface area contributed by atoms with Crippen molar-refractivity contribution in [2.45, 2.75) is 135 Å². The fourth-order valence-electron chi connectivity index (χ4n) is 13.8. The number of rotatable bonds is 24. The predicted molar refractivity (Wildman–Crippen MR) is 415 cm³/mol. The number of phenols is 3. The summed E-state index contributed by atoms with van der Waals surface area (Å²) in [6.07, 6.45) is 0. The van der Waals surface area contributed by atoms with Crippen molar-refractivity contribution in [1.82, 2.24) is 0 Å². The molecule has 0 aliphatic rings. The maximum Gasteiger partial charge on any atom is 0.171 e. The van der Waals surface area contributed by atoms with Gasteiger partial charge < -0.3 is 34.1 Å². The Balaban J connectivity index is 0.725. The van der Waals surface area contributed by atoms with Gasteiger partial charge >= 0.3 is 0 Å². The molecule has 12 aromatic carbocycles. The lowest BCUT2D eigenvalue weighted by Crippen LogP contribution is -2.25. The van der Waals surface area contributed by atoms with E-state index in [1.165, 1.54) is 50.1 Å². The molecule has 101 heavy (non-hydrogen) atoms. The van der Waals surface area contributed by atoms with E-state index in [0.717, 1.165) is 50.6 Å². The maximum absolute atomic E-state index is 16.2. The molecule has 512 valence electrons. The lowest BCUT2D eigenvalue weighted by Gasteiger charge is -2.29. The van der Waals surface area contributed by atoms with Gasteiger partial charge in [-0.3, -0.25) is 0 Å². The molecule has 0 atom stereocenters. The zero-order valence-electron chi connectivity index (χ0n) is 60.3. The van der Waals surface area contributed by atoms with Gasteiger partial charge in [0.2, 0.25) is 0 Å². The van der Waals surface area contributed by atoms with Crippen LogP contribution >= 0.6 is 7.14 Å². The van der Waals surface area contributed by atoms with Crippen LogP contribution in [0.4, 0.5) is 0 Å². The minimum atomic E-state index is -3.44. The molecule has 12 rings (SSSR count). The molecular formula is C93H93O7P. The first-order valence-corrected chi connectivity index (χ1v) is 36.6. The van der Waals surface area contributed by atoms with Gasteiger partial charge in [-0.2, -0.15) is 0 Å². The first-order valence-electron chi connectivity index (χ1n) is 34.9. The molecule has 12 aromatic rings. The third kappa shape index (κ3) is 15.0. The molecule has 0 aromatic heterocycles. The molecule has 0 heterocycles. The van der Waals surface area contributed by atoms with Crippen LogP contribution in [0, 0.1) is 0 Å². The van der Waals surface area contributed by atoms with E-state index in [2.05, 4.69) is 192 Å². The zero-order valence-corrected chi connectivity index (χ0v) is 61.2. The Kier molecular flexibility index (Phi) is 19.8. The molecule has 0 bridgehead atoms. The molecule has 0 saturated heterocycles. The van der Waals surface area contributed by atoms with Crippen LogP contribution in [0.15, 0.2) is 291 Å². The maximum atomic E-state index is 16.2. The SMILES string of the molecule is CC(C)(c1ccc(O)cc1)c1ccc(C(C)(C)c2ccc(OCc3ccc(P(=O)(c4ccc(COc5ccc(C(C)(C)c6ccc(C(C)(C)c7ccc(O)cc7)cc6)cc5)cc4)c4ccc(COc5ccc(C(C)(C)c6ccc(C(C)(C)c7ccc(O)cc7)cc6)cc5)cc4)cc3)cc2)cc1. The minimum absolute atomic E-state index is 0.228. The number of hydrogen-bond acceptors (Lipinski definition) is 7. The van der Waals surface area contributed by atoms with Crippen molar-refractivity contribution in [3.8, 4) is 34.5 Å². The van der Waals surface area contributed by atoms with Gasteiger partial charge in [0.25, 0.3) is 0 Å². The highest BCUT2D eigenvalue weighted by Crippen LogP contribution is 2.45. The average molecular weight is 1350 g/mol. The summed E-state index contributed by atoms with van der Waals surface area (Å²) in [7, 11) is -3.44. The van der Waals surface area contributed by atoms with E-state index >= 15 is 4.57 Å². The van der Waals surface area contributed by atoms with E-state index in [4.69, 9.17) is 14.2 Å². The molecule has 0 spiro atoms. The second-order valence-corrected chi connectivity index (χ2v) is 32.9. The highest BCUT2D eigenvalue weighted by molar-refractivity contribution is 7.85. The summed E-state index contributed by atoms with van der Waals surface area (Å²) in [6.45, 7) is 27.7. The normalized spacial score (nSPS) is 12.4. The molecule has 0 aliphatic carbocycles. The Bertz CT molecular complexity index is 4310. The van der Waals surface area contributed by atoms with E-state index in [1.807, 2.05) is 146 Å². The average Bonchev–Trinajstić information content (AvgIpc) is 0.823. The van der Waals surface area contributed by atoms with Gasteiger partial charge in [0.15, 0.2) is 7.14 Å². The van der Waals surface area contributed by atoms with Crippen LogP contribution in [0.25, 0.3) is 0 Å². The van der Waals surface area contributed by atoms with Gasteiger partial charge in [-0.15, -0.1) is 0 Å². The Morgan fingerprint density at radius 2 is 0.356 bits per heavy atom. The molecule has 3 N–H and O–H groups in total. The van der Waals surface area contributed by atoms with Gasteiger partial charge in [0, 0.05) is 48.4 Å². The lowest BCUT2D eigenvalue weighted by molar-refractivity contribution is 0.306. The van der Waals surface area contributed by atoms with Crippen LogP contribution in [-0.2, 0) is 56.9 Å². The molecule has 0 fully saturated rings. The van der Waals surface area contributed by atoms with Crippen molar-refractivity contribution in [2.75, 3.05) is 0 Å². The lowest BCUT2D eigenvalue weighted by atomic mass is 9.74. The summed E-state index contributed by atoms with van der Waals surface area (Å²) >= 11 is 0. The van der Waals surface area contributed by atoms with Crippen LogP contribution in [0.3, 0.4) is 0 Å². The molecular weight excluding hydrogens is 1260 g/mol. The number of benzene rings is 12. The Morgan fingerprint density at radius 3 is 0.515 bits per heavy atom. The smallest absolute Gasteiger partial charge is 0.171 e.